The first-order chi connectivity index (χ1) is 12.1. The lowest BCUT2D eigenvalue weighted by molar-refractivity contribution is -0.898. The van der Waals surface area contributed by atoms with Crippen LogP contribution >= 0.6 is 0 Å². The fourth-order valence-corrected chi connectivity index (χ4v) is 3.36. The van der Waals surface area contributed by atoms with E-state index in [2.05, 4.69) is 27.9 Å². The number of nitrogens with one attached hydrogen (secondary N) is 2. The van der Waals surface area contributed by atoms with Crippen molar-refractivity contribution in [2.45, 2.75) is 13.8 Å². The summed E-state index contributed by atoms with van der Waals surface area (Å²) in [5.74, 6) is 1.83. The summed E-state index contributed by atoms with van der Waals surface area (Å²) in [6.45, 7) is 9.43. The van der Waals surface area contributed by atoms with Gasteiger partial charge < -0.3 is 20.3 Å². The van der Waals surface area contributed by atoms with E-state index in [-0.39, 0.29) is 0 Å². The molecule has 0 aromatic carbocycles. The Labute approximate surface area is 147 Å². The van der Waals surface area contributed by atoms with E-state index in [4.69, 9.17) is 16.2 Å². The summed E-state index contributed by atoms with van der Waals surface area (Å²) in [6, 6.07) is 4.07. The van der Waals surface area contributed by atoms with E-state index < -0.39 is 0 Å². The fraction of sp³-hybridized carbons (Fsp3) is 0.471. The monoisotopic (exact) mass is 343 g/mol. The molecule has 0 unspecified atom stereocenters. The minimum atomic E-state index is 0.325. The number of aromatic nitrogens is 2. The van der Waals surface area contributed by atoms with E-state index in [0.717, 1.165) is 32.7 Å². The highest BCUT2D eigenvalue weighted by atomic mass is 16.5. The van der Waals surface area contributed by atoms with Gasteiger partial charge in [0.15, 0.2) is 0 Å². The van der Waals surface area contributed by atoms with Crippen LogP contribution in [0.3, 0.4) is 0 Å². The third-order valence-electron chi connectivity index (χ3n) is 4.73. The minimum Gasteiger partial charge on any atom is -0.463 e. The fourth-order valence-electron chi connectivity index (χ4n) is 3.36. The quantitative estimate of drug-likeness (QED) is 0.669. The van der Waals surface area contributed by atoms with Crippen LogP contribution in [0.15, 0.2) is 6.07 Å². The van der Waals surface area contributed by atoms with Crippen molar-refractivity contribution in [3.05, 3.63) is 11.6 Å². The molecule has 132 valence electrons. The number of nitrogens with two attached hydrogens (primary N) is 2. The van der Waals surface area contributed by atoms with E-state index in [1.165, 1.54) is 0 Å². The molecule has 2 aromatic rings. The number of ether oxygens (including phenoxy) is 1. The summed E-state index contributed by atoms with van der Waals surface area (Å²) in [6.07, 6.45) is 0. The van der Waals surface area contributed by atoms with Crippen LogP contribution in [0, 0.1) is 11.3 Å². The van der Waals surface area contributed by atoms with Crippen molar-refractivity contribution in [3.8, 4) is 11.9 Å². The van der Waals surface area contributed by atoms with Crippen LogP contribution in [-0.4, -0.2) is 44.3 Å². The van der Waals surface area contributed by atoms with Crippen LogP contribution in [-0.2, 0) is 0 Å². The third-order valence-corrected chi connectivity index (χ3v) is 4.73. The summed E-state index contributed by atoms with van der Waals surface area (Å²) in [5.41, 5.74) is 12.8. The molecule has 6 N–H and O–H groups in total. The lowest BCUT2D eigenvalue weighted by atomic mass is 10.1. The van der Waals surface area contributed by atoms with Gasteiger partial charge in [0.05, 0.1) is 39.3 Å². The number of fused-ring (bicyclic) bond motifs is 1. The lowest BCUT2D eigenvalue weighted by Crippen LogP contribution is -3.14. The van der Waals surface area contributed by atoms with Gasteiger partial charge in [0.2, 0.25) is 0 Å². The van der Waals surface area contributed by atoms with Gasteiger partial charge in [0.25, 0.3) is 11.7 Å². The number of nitrogens with zero attached hydrogens (tertiary/aromatic N) is 3. The number of anilines is 3. The first-order valence-electron chi connectivity index (χ1n) is 8.65. The highest BCUT2D eigenvalue weighted by molar-refractivity contribution is 6.03. The molecule has 0 spiro atoms. The second kappa shape index (κ2) is 6.99. The highest BCUT2D eigenvalue weighted by Crippen LogP contribution is 2.33. The van der Waals surface area contributed by atoms with Gasteiger partial charge in [-0.15, -0.1) is 0 Å². The van der Waals surface area contributed by atoms with Crippen molar-refractivity contribution in [1.29, 1.82) is 5.26 Å². The van der Waals surface area contributed by atoms with Gasteiger partial charge in [-0.3, -0.25) is 5.73 Å². The predicted molar refractivity (Wildman–Crippen MR) is 96.5 cm³/mol. The number of pyridine rings is 2. The van der Waals surface area contributed by atoms with Gasteiger partial charge in [-0.2, -0.15) is 5.26 Å². The molecular formula is C17H25N7O+2. The Hall–Kier alpha value is -2.79. The van der Waals surface area contributed by atoms with Crippen molar-refractivity contribution in [3.63, 3.8) is 0 Å². The smallest absolute Gasteiger partial charge is 0.284 e. The molecule has 1 saturated heterocycles. The van der Waals surface area contributed by atoms with Crippen molar-refractivity contribution in [1.82, 2.24) is 4.98 Å². The predicted octanol–water partition coefficient (Wildman–Crippen LogP) is -0.792. The van der Waals surface area contributed by atoms with Crippen LogP contribution in [0.2, 0.25) is 0 Å². The Morgan fingerprint density at radius 2 is 2.08 bits per heavy atom. The molecule has 1 aliphatic rings. The molecule has 2 aromatic heterocycles. The number of nitrogen functional groups attached to an aromatic ring is 2. The van der Waals surface area contributed by atoms with Gasteiger partial charge in [-0.25, -0.2) is 9.97 Å². The number of nitriles is 1. The summed E-state index contributed by atoms with van der Waals surface area (Å²) >= 11 is 0. The normalized spacial score (nSPS) is 15.3. The number of quaternary nitrogens is 1. The Morgan fingerprint density at radius 1 is 1.36 bits per heavy atom. The van der Waals surface area contributed by atoms with Gasteiger partial charge in [-0.05, 0) is 13.8 Å². The minimum absolute atomic E-state index is 0.325. The molecule has 3 rings (SSSR count). The van der Waals surface area contributed by atoms with E-state index in [9.17, 15) is 5.26 Å². The Bertz CT molecular complexity index is 822. The van der Waals surface area contributed by atoms with Gasteiger partial charge in [-0.1, -0.05) is 0 Å². The molecule has 0 amide bonds. The number of likely N-dealkylation sites (N-methyl/N-ethyl adjacent to an activating group) is 1. The van der Waals surface area contributed by atoms with Gasteiger partial charge >= 0.3 is 0 Å². The molecule has 8 nitrogen and oxygen atoms in total. The summed E-state index contributed by atoms with van der Waals surface area (Å²) < 4.78 is 5.52. The molecule has 0 radical (unpaired) electrons. The molecule has 8 heteroatoms. The highest BCUT2D eigenvalue weighted by Gasteiger charge is 2.26. The second-order valence-corrected chi connectivity index (χ2v) is 6.17. The topological polar surface area (TPSA) is 120 Å². The number of aromatic amines is 1. The molecule has 1 fully saturated rings. The summed E-state index contributed by atoms with van der Waals surface area (Å²) in [7, 11) is 0. The molecule has 0 saturated carbocycles. The molecule has 0 aliphatic carbocycles. The molecular weight excluding hydrogens is 318 g/mol. The zero-order valence-electron chi connectivity index (χ0n) is 14.7. The maximum Gasteiger partial charge on any atom is 0.284 e. The average Bonchev–Trinajstić information content (AvgIpc) is 2.61. The molecule has 3 heterocycles. The average molecular weight is 343 g/mol. The van der Waals surface area contributed by atoms with Crippen molar-refractivity contribution >= 4 is 28.2 Å². The largest absolute Gasteiger partial charge is 0.463 e. The van der Waals surface area contributed by atoms with Crippen LogP contribution in [0.5, 0.6) is 5.88 Å². The zero-order valence-corrected chi connectivity index (χ0v) is 14.7. The number of piperazine rings is 1. The third kappa shape index (κ3) is 3.10. The number of hydrogen-bond donors (Lipinski definition) is 3. The summed E-state index contributed by atoms with van der Waals surface area (Å²) in [4.78, 5) is 11.2. The lowest BCUT2D eigenvalue weighted by Gasteiger charge is -2.33. The maximum absolute atomic E-state index is 9.79. The van der Waals surface area contributed by atoms with Crippen LogP contribution in [0.1, 0.15) is 19.4 Å². The van der Waals surface area contributed by atoms with Crippen molar-refractivity contribution < 1.29 is 14.6 Å². The van der Waals surface area contributed by atoms with E-state index in [0.29, 0.717) is 46.3 Å². The summed E-state index contributed by atoms with van der Waals surface area (Å²) in [5, 5.41) is 11.0. The number of rotatable bonds is 4. The van der Waals surface area contributed by atoms with Crippen LogP contribution in [0.25, 0.3) is 10.8 Å². The molecule has 25 heavy (non-hydrogen) atoms. The Morgan fingerprint density at radius 3 is 2.68 bits per heavy atom. The molecule has 0 bridgehead atoms. The van der Waals surface area contributed by atoms with E-state index in [1.807, 2.05) is 6.92 Å². The van der Waals surface area contributed by atoms with E-state index in [1.54, 1.807) is 11.0 Å². The maximum atomic E-state index is 9.79. The van der Waals surface area contributed by atoms with Crippen molar-refractivity contribution in [2.75, 3.05) is 55.7 Å². The first-order valence-corrected chi connectivity index (χ1v) is 8.65. The molecule has 1 aliphatic heterocycles. The zero-order chi connectivity index (χ0) is 18.0. The standard InChI is InChI=1S/C17H23N7O/c1-3-23-5-7-24(8-6-23)17-12(10-18)11-9-13(25-4-2)21-15(19)14(11)16(20)22-17/h9H,3-8H2,1-2H3,(H2,19,21)(H2,20,22)/p+2. The van der Waals surface area contributed by atoms with Gasteiger partial charge in [0, 0.05) is 11.5 Å². The van der Waals surface area contributed by atoms with Crippen LogP contribution in [0.4, 0.5) is 17.5 Å². The Kier molecular flexibility index (Phi) is 4.76. The van der Waals surface area contributed by atoms with Crippen molar-refractivity contribution in [2.24, 2.45) is 0 Å². The number of H-pyrrole nitrogens is 1. The second-order valence-electron chi connectivity index (χ2n) is 6.17. The van der Waals surface area contributed by atoms with Crippen LogP contribution < -0.4 is 31.0 Å². The number of hydrogen-bond acceptors (Lipinski definition) is 6. The SMILES string of the molecule is CCOc1cc2c(C#N)c(N3CC[NH+](CC)CC3)nc(N)c2c(N)[nH+]1. The Balaban J connectivity index is 2.12. The first kappa shape index (κ1) is 17.0. The van der Waals surface area contributed by atoms with Gasteiger partial charge in [0.1, 0.15) is 28.7 Å². The van der Waals surface area contributed by atoms with E-state index >= 15 is 0 Å². The molecule has 0 atom stereocenters.